The molecule has 3 rings (SSSR count). The first-order valence-electron chi connectivity index (χ1n) is 7.84. The molecule has 3 heterocycles. The smallest absolute Gasteiger partial charge is 0.111 e. The van der Waals surface area contributed by atoms with Crippen molar-refractivity contribution in [1.29, 1.82) is 0 Å². The topological polar surface area (TPSA) is 44.8 Å². The van der Waals surface area contributed by atoms with Crippen LogP contribution in [0.4, 0.5) is 0 Å². The van der Waals surface area contributed by atoms with Crippen LogP contribution in [0.25, 0.3) is 11.4 Å². The molecular formula is C17H24N4. The second-order valence-corrected chi connectivity index (χ2v) is 6.40. The van der Waals surface area contributed by atoms with Gasteiger partial charge < -0.3 is 4.90 Å². The van der Waals surface area contributed by atoms with Crippen LogP contribution in [0.2, 0.25) is 0 Å². The lowest BCUT2D eigenvalue weighted by atomic mass is 10.0. The molecule has 1 atom stereocenters. The fourth-order valence-electron chi connectivity index (χ4n) is 3.08. The minimum absolute atomic E-state index is 0.654. The lowest BCUT2D eigenvalue weighted by Crippen LogP contribution is -2.28. The molecule has 0 aliphatic carbocycles. The molecule has 0 aromatic carbocycles. The van der Waals surface area contributed by atoms with Crippen LogP contribution >= 0.6 is 0 Å². The highest BCUT2D eigenvalue weighted by molar-refractivity contribution is 5.54. The van der Waals surface area contributed by atoms with Crippen molar-refractivity contribution in [3.8, 4) is 11.4 Å². The van der Waals surface area contributed by atoms with Gasteiger partial charge in [0, 0.05) is 24.0 Å². The molecule has 1 aliphatic heterocycles. The summed E-state index contributed by atoms with van der Waals surface area (Å²) in [6, 6.07) is 8.97. The van der Waals surface area contributed by atoms with Crippen molar-refractivity contribution in [2.75, 3.05) is 13.1 Å². The van der Waals surface area contributed by atoms with E-state index in [1.165, 1.54) is 25.2 Å². The summed E-state index contributed by atoms with van der Waals surface area (Å²) < 4.78 is 0. The first-order chi connectivity index (χ1) is 10.1. The van der Waals surface area contributed by atoms with Crippen LogP contribution < -0.4 is 0 Å². The van der Waals surface area contributed by atoms with E-state index >= 15 is 0 Å². The highest BCUT2D eigenvalue weighted by atomic mass is 15.2. The maximum absolute atomic E-state index is 4.79. The molecule has 0 amide bonds. The van der Waals surface area contributed by atoms with Crippen LogP contribution in [0.5, 0.6) is 0 Å². The molecule has 4 nitrogen and oxygen atoms in total. The molecule has 4 heteroatoms. The first kappa shape index (κ1) is 14.3. The summed E-state index contributed by atoms with van der Waals surface area (Å²) in [5.74, 6) is 0.732. The lowest BCUT2D eigenvalue weighted by molar-refractivity contribution is 0.265. The van der Waals surface area contributed by atoms with E-state index in [1.54, 1.807) is 0 Å². The number of aryl methyl sites for hydroxylation is 1. The number of likely N-dealkylation sites (tertiary alicyclic amines) is 1. The van der Waals surface area contributed by atoms with E-state index in [0.717, 1.165) is 29.4 Å². The maximum Gasteiger partial charge on any atom is 0.111 e. The molecule has 0 bridgehead atoms. The molecule has 0 spiro atoms. The molecule has 0 radical (unpaired) electrons. The highest BCUT2D eigenvalue weighted by Crippen LogP contribution is 2.23. The van der Waals surface area contributed by atoms with Crippen LogP contribution in [-0.2, 0) is 6.42 Å². The molecule has 1 saturated heterocycles. The Bertz CT molecular complexity index is 602. The molecule has 1 fully saturated rings. The van der Waals surface area contributed by atoms with E-state index in [1.807, 2.05) is 19.1 Å². The van der Waals surface area contributed by atoms with Gasteiger partial charge in [-0.1, -0.05) is 6.07 Å². The monoisotopic (exact) mass is 284 g/mol. The zero-order chi connectivity index (χ0) is 14.8. The Balaban J connectivity index is 1.70. The fourth-order valence-corrected chi connectivity index (χ4v) is 3.08. The molecule has 2 aromatic rings. The summed E-state index contributed by atoms with van der Waals surface area (Å²) in [6.45, 7) is 8.99. The van der Waals surface area contributed by atoms with Crippen LogP contribution in [0.3, 0.4) is 0 Å². The van der Waals surface area contributed by atoms with Crippen molar-refractivity contribution < 1.29 is 0 Å². The third-order valence-corrected chi connectivity index (χ3v) is 4.32. The van der Waals surface area contributed by atoms with Crippen molar-refractivity contribution in [2.45, 2.75) is 39.7 Å². The van der Waals surface area contributed by atoms with Gasteiger partial charge in [0.15, 0.2) is 0 Å². The zero-order valence-electron chi connectivity index (χ0n) is 13.1. The third kappa shape index (κ3) is 3.32. The van der Waals surface area contributed by atoms with Crippen molar-refractivity contribution in [2.24, 2.45) is 5.92 Å². The Morgan fingerprint density at radius 3 is 2.86 bits per heavy atom. The Morgan fingerprint density at radius 1 is 1.33 bits per heavy atom. The second kappa shape index (κ2) is 5.98. The lowest BCUT2D eigenvalue weighted by Gasteiger charge is -2.20. The maximum atomic E-state index is 4.79. The molecule has 1 aliphatic rings. The highest BCUT2D eigenvalue weighted by Gasteiger charge is 2.24. The summed E-state index contributed by atoms with van der Waals surface area (Å²) in [5.41, 5.74) is 4.16. The largest absolute Gasteiger partial charge is 0.301 e. The van der Waals surface area contributed by atoms with Gasteiger partial charge >= 0.3 is 0 Å². The molecule has 112 valence electrons. The first-order valence-corrected chi connectivity index (χ1v) is 7.84. The molecule has 1 N–H and O–H groups in total. The number of H-pyrrole nitrogens is 1. The Hall–Kier alpha value is -1.68. The predicted octanol–water partition coefficient (Wildman–Crippen LogP) is 3.05. The van der Waals surface area contributed by atoms with Gasteiger partial charge in [0.05, 0.1) is 5.69 Å². The van der Waals surface area contributed by atoms with E-state index in [-0.39, 0.29) is 0 Å². The predicted molar refractivity (Wildman–Crippen MR) is 85.1 cm³/mol. The number of pyridine rings is 1. The van der Waals surface area contributed by atoms with Gasteiger partial charge in [-0.15, -0.1) is 0 Å². The number of aromatic nitrogens is 3. The molecule has 21 heavy (non-hydrogen) atoms. The van der Waals surface area contributed by atoms with Crippen LogP contribution in [0.1, 0.15) is 31.7 Å². The average molecular weight is 284 g/mol. The van der Waals surface area contributed by atoms with Crippen LogP contribution in [0.15, 0.2) is 24.3 Å². The Morgan fingerprint density at radius 2 is 2.19 bits per heavy atom. The van der Waals surface area contributed by atoms with E-state index in [4.69, 9.17) is 4.98 Å². The Kier molecular flexibility index (Phi) is 4.06. The number of aromatic amines is 1. The average Bonchev–Trinajstić information content (AvgIpc) is 3.08. The van der Waals surface area contributed by atoms with E-state index < -0.39 is 0 Å². The molecule has 2 aromatic heterocycles. The standard InChI is InChI=1S/C17H24N4/c1-12(2)21-8-7-14(11-21)10-15-5-4-6-16(18-15)17-9-13(3)19-20-17/h4-6,9,12,14H,7-8,10-11H2,1-3H3,(H,19,20)/t14-/m1/s1. The van der Waals surface area contributed by atoms with Gasteiger partial charge in [-0.05, 0) is 64.3 Å². The summed E-state index contributed by atoms with van der Waals surface area (Å²) in [7, 11) is 0. The van der Waals surface area contributed by atoms with Crippen molar-refractivity contribution in [3.05, 3.63) is 35.7 Å². The normalized spacial score (nSPS) is 19.5. The minimum Gasteiger partial charge on any atom is -0.301 e. The minimum atomic E-state index is 0.654. The number of hydrogen-bond donors (Lipinski definition) is 1. The van der Waals surface area contributed by atoms with Gasteiger partial charge in [-0.2, -0.15) is 5.10 Å². The summed E-state index contributed by atoms with van der Waals surface area (Å²) in [4.78, 5) is 7.35. The van der Waals surface area contributed by atoms with Crippen LogP contribution in [-0.4, -0.2) is 39.2 Å². The zero-order valence-corrected chi connectivity index (χ0v) is 13.1. The Labute approximate surface area is 126 Å². The van der Waals surface area contributed by atoms with E-state index in [9.17, 15) is 0 Å². The second-order valence-electron chi connectivity index (χ2n) is 6.40. The number of rotatable bonds is 4. The number of nitrogens with zero attached hydrogens (tertiary/aromatic N) is 3. The van der Waals surface area contributed by atoms with Gasteiger partial charge in [0.1, 0.15) is 5.69 Å². The SMILES string of the molecule is Cc1cc(-c2cccc(C[C@H]3CCN(C(C)C)C3)n2)n[nH]1. The van der Waals surface area contributed by atoms with Gasteiger partial charge in [-0.3, -0.25) is 10.1 Å². The van der Waals surface area contributed by atoms with Crippen molar-refractivity contribution in [3.63, 3.8) is 0 Å². The summed E-state index contributed by atoms with van der Waals surface area (Å²) in [5, 5.41) is 7.28. The summed E-state index contributed by atoms with van der Waals surface area (Å²) in [6.07, 6.45) is 2.35. The molecule has 0 saturated carbocycles. The molecular weight excluding hydrogens is 260 g/mol. The quantitative estimate of drug-likeness (QED) is 0.938. The van der Waals surface area contributed by atoms with Gasteiger partial charge in [0.25, 0.3) is 0 Å². The van der Waals surface area contributed by atoms with Crippen LogP contribution in [0, 0.1) is 12.8 Å². The van der Waals surface area contributed by atoms with Gasteiger partial charge in [-0.25, -0.2) is 0 Å². The third-order valence-electron chi connectivity index (χ3n) is 4.32. The van der Waals surface area contributed by atoms with Crippen molar-refractivity contribution >= 4 is 0 Å². The van der Waals surface area contributed by atoms with E-state index in [0.29, 0.717) is 6.04 Å². The summed E-state index contributed by atoms with van der Waals surface area (Å²) >= 11 is 0. The molecule has 0 unspecified atom stereocenters. The van der Waals surface area contributed by atoms with E-state index in [2.05, 4.69) is 41.1 Å². The fraction of sp³-hybridized carbons (Fsp3) is 0.529. The van der Waals surface area contributed by atoms with Gasteiger partial charge in [0.2, 0.25) is 0 Å². The van der Waals surface area contributed by atoms with Crippen molar-refractivity contribution in [1.82, 2.24) is 20.1 Å². The number of nitrogens with one attached hydrogen (secondary N) is 1. The number of hydrogen-bond acceptors (Lipinski definition) is 3.